The molecule has 17 heteroatoms. The number of phenolic OH excluding ortho intramolecular Hbond substituents is 1. The molecule has 1 aromatic heterocycles. The van der Waals surface area contributed by atoms with Crippen molar-refractivity contribution in [3.8, 4) is 5.75 Å². The van der Waals surface area contributed by atoms with Crippen LogP contribution in [0.3, 0.4) is 0 Å². The van der Waals surface area contributed by atoms with E-state index in [1.54, 1.807) is 12.1 Å². The number of benzene rings is 6. The van der Waals surface area contributed by atoms with E-state index in [-0.39, 0.29) is 56.1 Å². The highest BCUT2D eigenvalue weighted by Crippen LogP contribution is 2.41. The number of aromatic hydroxyl groups is 1. The van der Waals surface area contributed by atoms with E-state index >= 15 is 0 Å². The van der Waals surface area contributed by atoms with Gasteiger partial charge in [0.15, 0.2) is 5.75 Å². The van der Waals surface area contributed by atoms with Crippen molar-refractivity contribution >= 4 is 95.5 Å². The van der Waals surface area contributed by atoms with E-state index in [0.717, 1.165) is 28.5 Å². The molecule has 0 aliphatic carbocycles. The van der Waals surface area contributed by atoms with Gasteiger partial charge in [-0.2, -0.15) is 28.5 Å². The Bertz CT molecular complexity index is 2810. The van der Waals surface area contributed by atoms with Crippen molar-refractivity contribution in [1.82, 2.24) is 15.0 Å². The summed E-state index contributed by atoms with van der Waals surface area (Å²) in [6, 6.07) is 28.9. The van der Waals surface area contributed by atoms with Gasteiger partial charge >= 0.3 is 5.97 Å². The third kappa shape index (κ3) is 8.16. The second-order valence-electron chi connectivity index (χ2n) is 12.1. The van der Waals surface area contributed by atoms with Gasteiger partial charge in [0.25, 0.3) is 16.0 Å². The zero-order valence-corrected chi connectivity index (χ0v) is 30.0. The van der Waals surface area contributed by atoms with Gasteiger partial charge in [0.2, 0.25) is 17.2 Å². The molecule has 6 aromatic carbocycles. The Hall–Kier alpha value is -7.01. The summed E-state index contributed by atoms with van der Waals surface area (Å²) < 4.78 is 34.6. The minimum Gasteiger partial charge on any atom is -0.505 e. The lowest BCUT2D eigenvalue weighted by Crippen LogP contribution is -2.12. The second-order valence-corrected chi connectivity index (χ2v) is 13.9. The van der Waals surface area contributed by atoms with Crippen molar-refractivity contribution in [2.45, 2.75) is 11.8 Å². The highest BCUT2D eigenvalue weighted by molar-refractivity contribution is 7.85. The van der Waals surface area contributed by atoms with Crippen LogP contribution in [-0.2, 0) is 10.1 Å². The average molecular weight is 775 g/mol. The van der Waals surface area contributed by atoms with Crippen molar-refractivity contribution < 1.29 is 32.8 Å². The Morgan fingerprint density at radius 2 is 1.45 bits per heavy atom. The summed E-state index contributed by atoms with van der Waals surface area (Å²) in [4.78, 5) is 37.4. The molecule has 0 unspecified atom stereocenters. The zero-order chi connectivity index (χ0) is 38.9. The number of hydrogen-bond acceptors (Lipinski definition) is 12. The highest BCUT2D eigenvalue weighted by Gasteiger charge is 2.21. The molecule has 15 nitrogen and oxygen atoms in total. The Labute approximate surface area is 317 Å². The zero-order valence-electron chi connectivity index (χ0n) is 28.4. The van der Waals surface area contributed by atoms with Gasteiger partial charge in [0.1, 0.15) is 5.69 Å². The van der Waals surface area contributed by atoms with E-state index in [1.807, 2.05) is 61.5 Å². The second kappa shape index (κ2) is 14.8. The largest absolute Gasteiger partial charge is 0.505 e. The number of aromatic carboxylic acids is 1. The number of nitrogens with zero attached hydrogens (tertiary/aromatic N) is 5. The molecule has 1 amide bonds. The molecule has 7 rings (SSSR count). The summed E-state index contributed by atoms with van der Waals surface area (Å²) in [7, 11) is -4.79. The third-order valence-electron chi connectivity index (χ3n) is 8.24. The monoisotopic (exact) mass is 774 g/mol. The maximum atomic E-state index is 13.7. The number of carboxylic acids is 1. The smallest absolute Gasteiger partial charge is 0.335 e. The number of carboxylic acid groups (broad SMARTS) is 1. The van der Waals surface area contributed by atoms with E-state index in [0.29, 0.717) is 11.4 Å². The van der Waals surface area contributed by atoms with Gasteiger partial charge in [-0.3, -0.25) is 9.35 Å². The maximum absolute atomic E-state index is 13.7. The average Bonchev–Trinajstić information content (AvgIpc) is 3.14. The van der Waals surface area contributed by atoms with Crippen LogP contribution >= 0.6 is 11.6 Å². The molecule has 0 saturated carbocycles. The fourth-order valence-corrected chi connectivity index (χ4v) is 6.34. The van der Waals surface area contributed by atoms with E-state index < -0.39 is 32.6 Å². The van der Waals surface area contributed by atoms with Crippen molar-refractivity contribution in [2.24, 2.45) is 10.2 Å². The first kappa shape index (κ1) is 36.4. The molecule has 0 bridgehead atoms. The Kier molecular flexibility index (Phi) is 9.77. The Balaban J connectivity index is 1.27. The predicted molar refractivity (Wildman–Crippen MR) is 207 cm³/mol. The first-order valence-corrected chi connectivity index (χ1v) is 18.0. The predicted octanol–water partition coefficient (Wildman–Crippen LogP) is 8.95. The lowest BCUT2D eigenvalue weighted by atomic mass is 10.0. The van der Waals surface area contributed by atoms with Crippen LogP contribution in [0.5, 0.6) is 5.75 Å². The van der Waals surface area contributed by atoms with Crippen LogP contribution in [0.4, 0.5) is 40.3 Å². The fraction of sp³-hybridized carbons (Fsp3) is 0.0263. The number of nitrogens with one attached hydrogen (secondary N) is 3. The lowest BCUT2D eigenvalue weighted by molar-refractivity contribution is 0.0696. The number of anilines is 5. The number of halogens is 1. The number of carbonyl (C=O) groups is 2. The van der Waals surface area contributed by atoms with Crippen LogP contribution in [-0.4, -0.2) is 50.0 Å². The third-order valence-corrected chi connectivity index (χ3v) is 9.24. The van der Waals surface area contributed by atoms with Gasteiger partial charge < -0.3 is 26.2 Å². The van der Waals surface area contributed by atoms with Gasteiger partial charge in [-0.15, -0.1) is 5.11 Å². The number of carbonyl (C=O) groups excluding carboxylic acids is 1. The first-order valence-electron chi connectivity index (χ1n) is 16.2. The molecular formula is C38H27ClN8O7S. The van der Waals surface area contributed by atoms with Gasteiger partial charge in [-0.25, -0.2) is 4.79 Å². The SMILES string of the molecule is Cc1ccc(Nc2nc(Cl)nc(Nc3cc(N=Nc4c(O)c(C(=O)Nc5cccc6ccccc56)cc5cc(C(=O)O)ccc45)cc(S(=O)(=O)O)c3)n2)cc1. The number of aryl methyl sites for hydroxylation is 1. The summed E-state index contributed by atoms with van der Waals surface area (Å²) >= 11 is 6.16. The molecule has 274 valence electrons. The van der Waals surface area contributed by atoms with Crippen molar-refractivity contribution in [3.05, 3.63) is 131 Å². The number of phenols is 1. The molecule has 0 fully saturated rings. The minimum atomic E-state index is -4.79. The van der Waals surface area contributed by atoms with E-state index in [9.17, 15) is 32.8 Å². The summed E-state index contributed by atoms with van der Waals surface area (Å²) in [6.45, 7) is 1.94. The molecule has 0 aliphatic rings. The van der Waals surface area contributed by atoms with Crippen LogP contribution in [0, 0.1) is 6.92 Å². The van der Waals surface area contributed by atoms with E-state index in [1.165, 1.54) is 30.3 Å². The topological polar surface area (TPSA) is 228 Å². The summed E-state index contributed by atoms with van der Waals surface area (Å²) in [6.07, 6.45) is 0. The molecule has 0 aliphatic heterocycles. The van der Waals surface area contributed by atoms with Gasteiger partial charge in [0.05, 0.1) is 21.7 Å². The molecule has 1 heterocycles. The molecule has 55 heavy (non-hydrogen) atoms. The van der Waals surface area contributed by atoms with Crippen LogP contribution in [0.15, 0.2) is 124 Å². The fourth-order valence-electron chi connectivity index (χ4n) is 5.64. The maximum Gasteiger partial charge on any atom is 0.335 e. The Morgan fingerprint density at radius 1 is 0.745 bits per heavy atom. The van der Waals surface area contributed by atoms with Crippen LogP contribution < -0.4 is 16.0 Å². The number of rotatable bonds is 10. The van der Waals surface area contributed by atoms with Crippen molar-refractivity contribution in [3.63, 3.8) is 0 Å². The normalized spacial score (nSPS) is 11.5. The molecule has 0 saturated heterocycles. The first-order chi connectivity index (χ1) is 26.3. The summed E-state index contributed by atoms with van der Waals surface area (Å²) in [5.74, 6) is -2.54. The standard InChI is InChI=1S/C38H27ClN8O7S/c1-20-9-12-24(13-10-20)40-37-43-36(39)44-38(45-37)41-25-17-26(19-27(18-25)55(52,53)54)46-47-32-29-14-11-22(35(50)51)15-23(29)16-30(33(32)48)34(49)42-31-8-4-6-21-5-2-3-7-28(21)31/h2-19,48H,1H3,(H,42,49)(H,50,51)(H,52,53,54)(H2,40,41,43,44,45). The summed E-state index contributed by atoms with van der Waals surface area (Å²) in [5.41, 5.74) is 1.53. The Morgan fingerprint density at radius 3 is 2.18 bits per heavy atom. The lowest BCUT2D eigenvalue weighted by Gasteiger charge is -2.13. The van der Waals surface area contributed by atoms with E-state index in [4.69, 9.17) is 11.6 Å². The number of amides is 1. The van der Waals surface area contributed by atoms with Crippen molar-refractivity contribution in [1.29, 1.82) is 0 Å². The molecule has 0 radical (unpaired) electrons. The van der Waals surface area contributed by atoms with Crippen LogP contribution in [0.2, 0.25) is 5.28 Å². The number of hydrogen-bond donors (Lipinski definition) is 6. The van der Waals surface area contributed by atoms with Crippen LogP contribution in [0.1, 0.15) is 26.3 Å². The number of azo groups is 1. The van der Waals surface area contributed by atoms with Gasteiger partial charge in [-0.1, -0.05) is 60.2 Å². The summed E-state index contributed by atoms with van der Waals surface area (Å²) in [5, 5.41) is 40.0. The number of aromatic nitrogens is 3. The molecule has 0 spiro atoms. The van der Waals surface area contributed by atoms with Crippen LogP contribution in [0.25, 0.3) is 21.5 Å². The number of fused-ring (bicyclic) bond motifs is 2. The molecule has 6 N–H and O–H groups in total. The van der Waals surface area contributed by atoms with Crippen molar-refractivity contribution in [2.75, 3.05) is 16.0 Å². The molecule has 7 aromatic rings. The minimum absolute atomic E-state index is 0.0380. The van der Waals surface area contributed by atoms with Gasteiger partial charge in [0, 0.05) is 27.8 Å². The quantitative estimate of drug-likeness (QED) is 0.0565. The molecular weight excluding hydrogens is 748 g/mol. The highest BCUT2D eigenvalue weighted by atomic mass is 35.5. The van der Waals surface area contributed by atoms with Gasteiger partial charge in [-0.05, 0) is 83.9 Å². The molecule has 0 atom stereocenters. The van der Waals surface area contributed by atoms with E-state index in [2.05, 4.69) is 41.1 Å².